The first kappa shape index (κ1) is 20.5. The summed E-state index contributed by atoms with van der Waals surface area (Å²) in [6.07, 6.45) is 1.70. The molecule has 2 amide bonds. The number of carbonyl (C=O) groups is 2. The van der Waals surface area contributed by atoms with E-state index < -0.39 is 17.9 Å². The first-order valence-electron chi connectivity index (χ1n) is 10.6. The van der Waals surface area contributed by atoms with Crippen molar-refractivity contribution in [2.45, 2.75) is 13.0 Å². The summed E-state index contributed by atoms with van der Waals surface area (Å²) in [6, 6.07) is 25.6. The van der Waals surface area contributed by atoms with E-state index in [9.17, 15) is 9.59 Å². The largest absolute Gasteiger partial charge is 0.459 e. The van der Waals surface area contributed by atoms with E-state index in [0.29, 0.717) is 17.0 Å². The Morgan fingerprint density at radius 2 is 1.67 bits per heavy atom. The summed E-state index contributed by atoms with van der Waals surface area (Å²) in [6.45, 7) is 1.95. The third kappa shape index (κ3) is 4.06. The Bertz CT molecular complexity index is 1440. The third-order valence-corrected chi connectivity index (χ3v) is 5.56. The number of nitrogens with zero attached hydrogens (tertiary/aromatic N) is 1. The molecule has 33 heavy (non-hydrogen) atoms. The van der Waals surface area contributed by atoms with E-state index in [1.807, 2.05) is 79.7 Å². The molecule has 5 rings (SSSR count). The average molecular weight is 435 g/mol. The third-order valence-electron chi connectivity index (χ3n) is 5.56. The molecule has 6 heteroatoms. The number of hydrogen-bond acceptors (Lipinski definition) is 4. The van der Waals surface area contributed by atoms with Gasteiger partial charge >= 0.3 is 11.8 Å². The molecule has 2 N–H and O–H groups in total. The monoisotopic (exact) mass is 435 g/mol. The molecule has 0 aliphatic rings. The van der Waals surface area contributed by atoms with Crippen molar-refractivity contribution in [3.8, 4) is 0 Å². The van der Waals surface area contributed by atoms with Crippen molar-refractivity contribution >= 4 is 39.4 Å². The van der Waals surface area contributed by atoms with Gasteiger partial charge in [0.2, 0.25) is 0 Å². The maximum Gasteiger partial charge on any atom is 0.313 e. The molecule has 0 saturated carbocycles. The molecule has 0 aliphatic heterocycles. The van der Waals surface area contributed by atoms with Crippen molar-refractivity contribution in [3.63, 3.8) is 0 Å². The van der Waals surface area contributed by atoms with E-state index in [0.717, 1.165) is 27.4 Å². The number of aryl methyl sites for hydroxylation is 1. The van der Waals surface area contributed by atoms with Gasteiger partial charge in [-0.05, 0) is 48.4 Å². The van der Waals surface area contributed by atoms with Crippen molar-refractivity contribution in [1.29, 1.82) is 0 Å². The number of furan rings is 1. The Hall–Kier alpha value is -4.45. The Labute approximate surface area is 190 Å². The van der Waals surface area contributed by atoms with Gasteiger partial charge in [0.25, 0.3) is 0 Å². The number of nitrogens with one attached hydrogen (secondary N) is 2. The number of anilines is 1. The highest BCUT2D eigenvalue weighted by Crippen LogP contribution is 2.29. The second-order valence-electron chi connectivity index (χ2n) is 7.79. The molecule has 1 unspecified atom stereocenters. The number of para-hydroxylation sites is 1. The number of aromatic nitrogens is 1. The van der Waals surface area contributed by atoms with Crippen LogP contribution in [0.2, 0.25) is 0 Å². The maximum atomic E-state index is 12.9. The summed E-state index contributed by atoms with van der Waals surface area (Å²) in [5, 5.41) is 7.25. The summed E-state index contributed by atoms with van der Waals surface area (Å²) in [4.78, 5) is 30.2. The van der Waals surface area contributed by atoms with Crippen molar-refractivity contribution < 1.29 is 14.0 Å². The number of pyridine rings is 1. The van der Waals surface area contributed by atoms with Gasteiger partial charge in [-0.1, -0.05) is 54.6 Å². The fourth-order valence-corrected chi connectivity index (χ4v) is 3.91. The summed E-state index contributed by atoms with van der Waals surface area (Å²) in [5.41, 5.74) is 3.82. The molecule has 0 saturated heterocycles. The average Bonchev–Trinajstić information content (AvgIpc) is 3.28. The predicted octanol–water partition coefficient (Wildman–Crippen LogP) is 5.13. The Kier molecular flexibility index (Phi) is 5.32. The summed E-state index contributed by atoms with van der Waals surface area (Å²) in [7, 11) is 0. The van der Waals surface area contributed by atoms with E-state index in [1.165, 1.54) is 0 Å². The number of carbonyl (C=O) groups excluding carboxylic acids is 2. The molecule has 0 bridgehead atoms. The van der Waals surface area contributed by atoms with Crippen LogP contribution in [0.4, 0.5) is 5.69 Å². The number of benzene rings is 3. The molecule has 5 aromatic rings. The second-order valence-corrected chi connectivity index (χ2v) is 7.79. The standard InChI is InChI=1S/C27H21N3O3/c1-17-13-14-21(20-11-7-15-28-24(17)20)29-26(31)27(32)30-25(18-8-3-2-4-9-18)23-16-19-10-5-6-12-22(19)33-23/h2-16,25H,1H3,(H,29,31)(H,30,32). The van der Waals surface area contributed by atoms with Crippen molar-refractivity contribution in [1.82, 2.24) is 10.3 Å². The van der Waals surface area contributed by atoms with Gasteiger partial charge in [0.1, 0.15) is 17.4 Å². The SMILES string of the molecule is Cc1ccc(NC(=O)C(=O)NC(c2ccccc2)c2cc3ccccc3o2)c2cccnc12. The highest BCUT2D eigenvalue weighted by atomic mass is 16.3. The van der Waals surface area contributed by atoms with Crippen LogP contribution in [-0.2, 0) is 9.59 Å². The molecule has 162 valence electrons. The summed E-state index contributed by atoms with van der Waals surface area (Å²) < 4.78 is 6.00. The number of hydrogen-bond donors (Lipinski definition) is 2. The lowest BCUT2D eigenvalue weighted by molar-refractivity contribution is -0.136. The smallest absolute Gasteiger partial charge is 0.313 e. The Morgan fingerprint density at radius 1 is 0.879 bits per heavy atom. The zero-order valence-electron chi connectivity index (χ0n) is 17.9. The number of amides is 2. The minimum atomic E-state index is -0.763. The molecular formula is C27H21N3O3. The van der Waals surface area contributed by atoms with Crippen LogP contribution in [0.15, 0.2) is 95.5 Å². The molecule has 2 heterocycles. The van der Waals surface area contributed by atoms with Crippen LogP contribution in [0.1, 0.15) is 22.9 Å². The lowest BCUT2D eigenvalue weighted by atomic mass is 10.0. The van der Waals surface area contributed by atoms with Crippen LogP contribution in [0.5, 0.6) is 0 Å². The van der Waals surface area contributed by atoms with Crippen molar-refractivity contribution in [3.05, 3.63) is 108 Å². The van der Waals surface area contributed by atoms with Crippen LogP contribution in [-0.4, -0.2) is 16.8 Å². The fraction of sp³-hybridized carbons (Fsp3) is 0.0741. The molecular weight excluding hydrogens is 414 g/mol. The van der Waals surface area contributed by atoms with Gasteiger partial charge in [-0.25, -0.2) is 0 Å². The van der Waals surface area contributed by atoms with Gasteiger partial charge in [-0.2, -0.15) is 0 Å². The summed E-state index contributed by atoms with van der Waals surface area (Å²) >= 11 is 0. The molecule has 0 radical (unpaired) electrons. The number of rotatable bonds is 4. The van der Waals surface area contributed by atoms with Crippen LogP contribution in [0, 0.1) is 6.92 Å². The van der Waals surface area contributed by atoms with Gasteiger partial charge in [0, 0.05) is 17.0 Å². The molecule has 0 aliphatic carbocycles. The van der Waals surface area contributed by atoms with Crippen molar-refractivity contribution in [2.75, 3.05) is 5.32 Å². The first-order valence-corrected chi connectivity index (χ1v) is 10.6. The van der Waals surface area contributed by atoms with Gasteiger partial charge in [0.15, 0.2) is 0 Å². The predicted molar refractivity (Wildman–Crippen MR) is 128 cm³/mol. The van der Waals surface area contributed by atoms with E-state index in [1.54, 1.807) is 18.3 Å². The maximum absolute atomic E-state index is 12.9. The first-order chi connectivity index (χ1) is 16.1. The molecule has 0 fully saturated rings. The van der Waals surface area contributed by atoms with Crippen LogP contribution in [0.25, 0.3) is 21.9 Å². The van der Waals surface area contributed by atoms with E-state index >= 15 is 0 Å². The minimum Gasteiger partial charge on any atom is -0.459 e. The lowest BCUT2D eigenvalue weighted by Gasteiger charge is -2.17. The minimum absolute atomic E-state index is 0.531. The highest BCUT2D eigenvalue weighted by Gasteiger charge is 2.24. The quantitative estimate of drug-likeness (QED) is 0.383. The Morgan fingerprint density at radius 3 is 2.48 bits per heavy atom. The van der Waals surface area contributed by atoms with Crippen LogP contribution >= 0.6 is 0 Å². The normalized spacial score (nSPS) is 11.9. The van der Waals surface area contributed by atoms with E-state index in [2.05, 4.69) is 15.6 Å². The summed E-state index contributed by atoms with van der Waals surface area (Å²) in [5.74, 6) is -0.975. The molecule has 3 aromatic carbocycles. The van der Waals surface area contributed by atoms with Crippen molar-refractivity contribution in [2.24, 2.45) is 0 Å². The molecule has 1 atom stereocenters. The fourth-order valence-electron chi connectivity index (χ4n) is 3.91. The van der Waals surface area contributed by atoms with E-state index in [-0.39, 0.29) is 0 Å². The molecule has 2 aromatic heterocycles. The lowest BCUT2D eigenvalue weighted by Crippen LogP contribution is -2.38. The van der Waals surface area contributed by atoms with Crippen LogP contribution < -0.4 is 10.6 Å². The van der Waals surface area contributed by atoms with E-state index in [4.69, 9.17) is 4.42 Å². The topological polar surface area (TPSA) is 84.2 Å². The highest BCUT2D eigenvalue weighted by molar-refractivity contribution is 6.40. The van der Waals surface area contributed by atoms with Crippen LogP contribution in [0.3, 0.4) is 0 Å². The van der Waals surface area contributed by atoms with Gasteiger partial charge in [-0.15, -0.1) is 0 Å². The second kappa shape index (κ2) is 8.59. The zero-order chi connectivity index (χ0) is 22.8. The van der Waals surface area contributed by atoms with Gasteiger partial charge in [0.05, 0.1) is 11.2 Å². The molecule has 6 nitrogen and oxygen atoms in total. The zero-order valence-corrected chi connectivity index (χ0v) is 17.9. The van der Waals surface area contributed by atoms with Gasteiger partial charge in [-0.3, -0.25) is 14.6 Å². The Balaban J connectivity index is 1.43. The van der Waals surface area contributed by atoms with Gasteiger partial charge < -0.3 is 15.1 Å². The molecule has 0 spiro atoms. The number of fused-ring (bicyclic) bond motifs is 2.